The summed E-state index contributed by atoms with van der Waals surface area (Å²) in [6.07, 6.45) is 0.360. The molecule has 1 aromatic heterocycles. The Labute approximate surface area is 246 Å². The number of carbonyl (C=O) groups is 1. The highest BCUT2D eigenvalue weighted by atomic mass is 127. The normalized spacial score (nSPS) is 10.9. The van der Waals surface area contributed by atoms with E-state index in [4.69, 9.17) is 0 Å². The number of para-hydroxylation sites is 1. The van der Waals surface area contributed by atoms with Gasteiger partial charge in [-0.2, -0.15) is 0 Å². The van der Waals surface area contributed by atoms with Gasteiger partial charge in [0.05, 0.1) is 12.6 Å². The molecule has 0 aliphatic heterocycles. The van der Waals surface area contributed by atoms with Crippen LogP contribution >= 0.6 is 34.4 Å². The molecule has 2 N–H and O–H groups in total. The number of benzene rings is 4. The van der Waals surface area contributed by atoms with Crippen LogP contribution < -0.4 is 10.6 Å². The minimum Gasteiger partial charge on any atom is -0.378 e. The van der Waals surface area contributed by atoms with Crippen LogP contribution in [0.25, 0.3) is 5.69 Å². The van der Waals surface area contributed by atoms with Gasteiger partial charge < -0.3 is 10.6 Å². The summed E-state index contributed by atoms with van der Waals surface area (Å²) in [6, 6.07) is 38.2. The minimum absolute atomic E-state index is 0.00779. The molecule has 0 atom stereocenters. The maximum Gasteiger partial charge on any atom is 0.221 e. The van der Waals surface area contributed by atoms with Crippen molar-refractivity contribution in [2.45, 2.75) is 24.2 Å². The van der Waals surface area contributed by atoms with E-state index in [1.807, 2.05) is 91.0 Å². The Morgan fingerprint density at radius 1 is 0.795 bits per heavy atom. The van der Waals surface area contributed by atoms with E-state index in [-0.39, 0.29) is 11.9 Å². The van der Waals surface area contributed by atoms with Gasteiger partial charge in [0.25, 0.3) is 0 Å². The van der Waals surface area contributed by atoms with Crippen LogP contribution in [0.3, 0.4) is 0 Å². The third-order valence-electron chi connectivity index (χ3n) is 6.14. The summed E-state index contributed by atoms with van der Waals surface area (Å²) in [6.45, 7) is 0.527. The van der Waals surface area contributed by atoms with Crippen LogP contribution in [0.15, 0.2) is 120 Å². The number of anilines is 1. The van der Waals surface area contributed by atoms with Gasteiger partial charge in [0.1, 0.15) is 0 Å². The van der Waals surface area contributed by atoms with Crippen molar-refractivity contribution in [1.82, 2.24) is 20.1 Å². The summed E-state index contributed by atoms with van der Waals surface area (Å²) >= 11 is 3.83. The average molecular weight is 646 g/mol. The van der Waals surface area contributed by atoms with Crippen molar-refractivity contribution >= 4 is 45.9 Å². The second-order valence-corrected chi connectivity index (χ2v) is 11.2. The Morgan fingerprint density at radius 3 is 2.00 bits per heavy atom. The first-order chi connectivity index (χ1) is 19.2. The van der Waals surface area contributed by atoms with E-state index in [1.54, 1.807) is 0 Å². The maximum atomic E-state index is 13.1. The van der Waals surface area contributed by atoms with Crippen LogP contribution in [0.2, 0.25) is 0 Å². The van der Waals surface area contributed by atoms with Crippen LogP contribution in [0.4, 0.5) is 5.69 Å². The molecule has 5 rings (SSSR count). The van der Waals surface area contributed by atoms with Crippen molar-refractivity contribution in [2.24, 2.45) is 0 Å². The van der Waals surface area contributed by atoms with Crippen molar-refractivity contribution in [3.8, 4) is 5.69 Å². The number of thioether (sulfide) groups is 1. The molecule has 196 valence electrons. The number of nitrogens with zero attached hydrogens (tertiary/aromatic N) is 3. The zero-order valence-electron chi connectivity index (χ0n) is 21.2. The summed E-state index contributed by atoms with van der Waals surface area (Å²) in [7, 11) is 0. The van der Waals surface area contributed by atoms with Crippen molar-refractivity contribution in [2.75, 3.05) is 11.1 Å². The Bertz CT molecular complexity index is 1440. The topological polar surface area (TPSA) is 71.8 Å². The molecule has 0 unspecified atom stereocenters. The first-order valence-corrected chi connectivity index (χ1v) is 14.7. The molecule has 1 heterocycles. The van der Waals surface area contributed by atoms with Gasteiger partial charge in [0.15, 0.2) is 11.0 Å². The van der Waals surface area contributed by atoms with Gasteiger partial charge in [-0.25, -0.2) is 0 Å². The number of halogens is 1. The fourth-order valence-corrected chi connectivity index (χ4v) is 5.48. The summed E-state index contributed by atoms with van der Waals surface area (Å²) in [5, 5.41) is 16.4. The first-order valence-electron chi connectivity index (χ1n) is 12.7. The third kappa shape index (κ3) is 7.27. The predicted molar refractivity (Wildman–Crippen MR) is 166 cm³/mol. The van der Waals surface area contributed by atoms with Gasteiger partial charge in [-0.3, -0.25) is 9.36 Å². The summed E-state index contributed by atoms with van der Waals surface area (Å²) in [5.41, 5.74) is 4.12. The molecule has 1 amide bonds. The molecule has 6 nitrogen and oxygen atoms in total. The van der Waals surface area contributed by atoms with Gasteiger partial charge in [-0.1, -0.05) is 90.6 Å². The Morgan fingerprint density at radius 2 is 1.38 bits per heavy atom. The molecule has 0 saturated heterocycles. The van der Waals surface area contributed by atoms with Crippen molar-refractivity contribution in [3.63, 3.8) is 0 Å². The van der Waals surface area contributed by atoms with E-state index >= 15 is 0 Å². The number of hydrogen-bond acceptors (Lipinski definition) is 5. The monoisotopic (exact) mass is 645 g/mol. The van der Waals surface area contributed by atoms with Crippen molar-refractivity contribution < 1.29 is 4.79 Å². The molecular weight excluding hydrogens is 617 g/mol. The molecule has 8 heteroatoms. The van der Waals surface area contributed by atoms with Crippen molar-refractivity contribution in [3.05, 3.63) is 136 Å². The highest BCUT2D eigenvalue weighted by molar-refractivity contribution is 14.1. The molecule has 5 aromatic rings. The highest BCUT2D eigenvalue weighted by Crippen LogP contribution is 2.25. The summed E-state index contributed by atoms with van der Waals surface area (Å²) < 4.78 is 3.24. The second kappa shape index (κ2) is 13.4. The van der Waals surface area contributed by atoms with Gasteiger partial charge >= 0.3 is 0 Å². The molecule has 0 fully saturated rings. The molecule has 0 spiro atoms. The van der Waals surface area contributed by atoms with Gasteiger partial charge in [0.2, 0.25) is 5.91 Å². The number of rotatable bonds is 11. The number of carbonyl (C=O) groups excluding carboxylic acids is 1. The number of amides is 1. The lowest BCUT2D eigenvalue weighted by atomic mass is 9.98. The molecule has 0 aliphatic carbocycles. The number of hydrogen-bond donors (Lipinski definition) is 2. The van der Waals surface area contributed by atoms with E-state index in [1.165, 1.54) is 15.3 Å². The van der Waals surface area contributed by atoms with E-state index in [2.05, 4.69) is 72.3 Å². The van der Waals surface area contributed by atoms with Crippen LogP contribution in [-0.4, -0.2) is 26.4 Å². The van der Waals surface area contributed by atoms with E-state index in [0.29, 0.717) is 18.7 Å². The molecular formula is C31H28IN5OS. The molecule has 0 saturated carbocycles. The summed E-state index contributed by atoms with van der Waals surface area (Å²) in [5.74, 6) is 1.38. The standard InChI is InChI=1S/C31H28IN5OS/c32-25-16-18-26(19-17-25)33-22-28-35-36-31(37(28)27-14-8-3-9-15-27)39-21-20-29(38)34-30(23-10-4-1-5-11-23)24-12-6-2-7-13-24/h1-19,30,33H,20-22H2,(H,34,38). The quantitative estimate of drug-likeness (QED) is 0.121. The van der Waals surface area contributed by atoms with E-state index in [9.17, 15) is 4.79 Å². The largest absolute Gasteiger partial charge is 0.378 e. The zero-order chi connectivity index (χ0) is 26.9. The first kappa shape index (κ1) is 27.0. The number of nitrogens with one attached hydrogen (secondary N) is 2. The molecule has 0 radical (unpaired) electrons. The number of aromatic nitrogens is 3. The van der Waals surface area contributed by atoms with Crippen LogP contribution in [0.5, 0.6) is 0 Å². The molecule has 0 aliphatic rings. The molecule has 0 bridgehead atoms. The fourth-order valence-electron chi connectivity index (χ4n) is 4.21. The minimum atomic E-state index is -0.197. The van der Waals surface area contributed by atoms with Crippen LogP contribution in [0.1, 0.15) is 29.4 Å². The Kier molecular flexibility index (Phi) is 9.29. The molecule has 39 heavy (non-hydrogen) atoms. The van der Waals surface area contributed by atoms with E-state index < -0.39 is 0 Å². The highest BCUT2D eigenvalue weighted by Gasteiger charge is 2.18. The predicted octanol–water partition coefficient (Wildman–Crippen LogP) is 6.87. The fraction of sp³-hybridized carbons (Fsp3) is 0.129. The lowest BCUT2D eigenvalue weighted by Gasteiger charge is -2.20. The lowest BCUT2D eigenvalue weighted by molar-refractivity contribution is -0.121. The zero-order valence-corrected chi connectivity index (χ0v) is 24.2. The van der Waals surface area contributed by atoms with Crippen molar-refractivity contribution in [1.29, 1.82) is 0 Å². The summed E-state index contributed by atoms with van der Waals surface area (Å²) in [4.78, 5) is 13.1. The van der Waals surface area contributed by atoms with E-state index in [0.717, 1.165) is 33.5 Å². The Balaban J connectivity index is 1.26. The smallest absolute Gasteiger partial charge is 0.221 e. The Hall–Kier alpha value is -3.63. The average Bonchev–Trinajstić information content (AvgIpc) is 3.39. The van der Waals surface area contributed by atoms with Gasteiger partial charge in [-0.05, 0) is 70.1 Å². The second-order valence-electron chi connectivity index (χ2n) is 8.85. The molecule has 4 aromatic carbocycles. The van der Waals surface area contributed by atoms with Crippen LogP contribution in [-0.2, 0) is 11.3 Å². The maximum absolute atomic E-state index is 13.1. The van der Waals surface area contributed by atoms with Gasteiger partial charge in [-0.15, -0.1) is 10.2 Å². The third-order valence-corrected chi connectivity index (χ3v) is 7.79. The SMILES string of the molecule is O=C(CCSc1nnc(CNc2ccc(I)cc2)n1-c1ccccc1)NC(c1ccccc1)c1ccccc1. The van der Waals surface area contributed by atoms with Crippen LogP contribution in [0, 0.1) is 3.57 Å². The lowest BCUT2D eigenvalue weighted by Crippen LogP contribution is -2.29. The van der Waals surface area contributed by atoms with Gasteiger partial charge in [0, 0.05) is 27.1 Å².